The highest BCUT2D eigenvalue weighted by molar-refractivity contribution is 7.99. The van der Waals surface area contributed by atoms with Gasteiger partial charge in [0.15, 0.2) is 5.82 Å². The summed E-state index contributed by atoms with van der Waals surface area (Å²) in [7, 11) is 0. The molecular formula is C14H16N4S. The van der Waals surface area contributed by atoms with Crippen molar-refractivity contribution in [2.45, 2.75) is 23.9 Å². The predicted molar refractivity (Wildman–Crippen MR) is 78.3 cm³/mol. The zero-order valence-corrected chi connectivity index (χ0v) is 11.4. The molecule has 1 heterocycles. The Morgan fingerprint density at radius 2 is 2.05 bits per heavy atom. The van der Waals surface area contributed by atoms with Gasteiger partial charge in [0, 0.05) is 11.7 Å². The van der Waals surface area contributed by atoms with Gasteiger partial charge in [-0.1, -0.05) is 54.2 Å². The van der Waals surface area contributed by atoms with E-state index in [1.54, 1.807) is 16.4 Å². The first-order valence-corrected chi connectivity index (χ1v) is 7.38. The molecule has 0 amide bonds. The van der Waals surface area contributed by atoms with Gasteiger partial charge in [-0.3, -0.25) is 0 Å². The summed E-state index contributed by atoms with van der Waals surface area (Å²) in [5.74, 6) is 8.29. The van der Waals surface area contributed by atoms with E-state index in [0.717, 1.165) is 16.7 Å². The van der Waals surface area contributed by atoms with E-state index in [0.29, 0.717) is 5.92 Å². The summed E-state index contributed by atoms with van der Waals surface area (Å²) in [5, 5.41) is 9.09. The van der Waals surface area contributed by atoms with Crippen LogP contribution in [-0.2, 0) is 0 Å². The third-order valence-electron chi connectivity index (χ3n) is 3.05. The summed E-state index contributed by atoms with van der Waals surface area (Å²) in [6.07, 6.45) is 6.60. The Morgan fingerprint density at radius 1 is 1.26 bits per heavy atom. The van der Waals surface area contributed by atoms with Crippen molar-refractivity contribution in [3.8, 4) is 0 Å². The van der Waals surface area contributed by atoms with Gasteiger partial charge in [-0.05, 0) is 18.4 Å². The Labute approximate surface area is 116 Å². The Morgan fingerprint density at radius 3 is 2.79 bits per heavy atom. The number of benzene rings is 1. The molecule has 3 rings (SSSR count). The SMILES string of the molecule is Nn1c(SC/C=C/c2ccccc2)nnc1C1CC1. The number of hydrogen-bond acceptors (Lipinski definition) is 4. The monoisotopic (exact) mass is 272 g/mol. The number of nitrogens with two attached hydrogens (primary N) is 1. The number of aromatic nitrogens is 3. The van der Waals surface area contributed by atoms with E-state index in [1.165, 1.54) is 18.4 Å². The largest absolute Gasteiger partial charge is 0.336 e. The fourth-order valence-corrected chi connectivity index (χ4v) is 2.55. The zero-order chi connectivity index (χ0) is 13.1. The van der Waals surface area contributed by atoms with Gasteiger partial charge in [-0.25, -0.2) is 4.68 Å². The average molecular weight is 272 g/mol. The number of rotatable bonds is 5. The Bertz CT molecular complexity index is 572. The standard InChI is InChI=1S/C14H16N4S/c15-18-13(12-8-9-12)16-17-14(18)19-10-4-7-11-5-2-1-3-6-11/h1-7,12H,8-10,15H2/b7-4+. The van der Waals surface area contributed by atoms with Gasteiger partial charge in [-0.2, -0.15) is 0 Å². The van der Waals surface area contributed by atoms with E-state index >= 15 is 0 Å². The highest BCUT2D eigenvalue weighted by Gasteiger charge is 2.29. The fourth-order valence-electron chi connectivity index (χ4n) is 1.88. The van der Waals surface area contributed by atoms with Crippen molar-refractivity contribution in [1.82, 2.24) is 14.9 Å². The maximum atomic E-state index is 5.98. The number of thioether (sulfide) groups is 1. The summed E-state index contributed by atoms with van der Waals surface area (Å²) in [4.78, 5) is 0. The molecule has 0 radical (unpaired) electrons. The molecule has 98 valence electrons. The van der Waals surface area contributed by atoms with Gasteiger partial charge in [0.25, 0.3) is 0 Å². The molecule has 0 aliphatic heterocycles. The molecule has 1 saturated carbocycles. The third kappa shape index (κ3) is 2.98. The molecule has 4 nitrogen and oxygen atoms in total. The molecule has 19 heavy (non-hydrogen) atoms. The molecule has 0 atom stereocenters. The molecule has 0 bridgehead atoms. The van der Waals surface area contributed by atoms with Crippen molar-refractivity contribution < 1.29 is 0 Å². The topological polar surface area (TPSA) is 56.7 Å². The van der Waals surface area contributed by atoms with Crippen LogP contribution in [0.15, 0.2) is 41.6 Å². The molecule has 0 saturated heterocycles. The molecule has 1 aromatic heterocycles. The quantitative estimate of drug-likeness (QED) is 0.671. The normalized spacial score (nSPS) is 15.2. The Hall–Kier alpha value is -1.75. The maximum absolute atomic E-state index is 5.98. The van der Waals surface area contributed by atoms with Crippen LogP contribution in [0.3, 0.4) is 0 Å². The first-order valence-electron chi connectivity index (χ1n) is 6.39. The van der Waals surface area contributed by atoms with Gasteiger partial charge in [0.2, 0.25) is 5.16 Å². The number of nitrogens with zero attached hydrogens (tertiary/aromatic N) is 3. The summed E-state index contributed by atoms with van der Waals surface area (Å²) < 4.78 is 1.64. The Kier molecular flexibility index (Phi) is 3.55. The Balaban J connectivity index is 1.56. The lowest BCUT2D eigenvalue weighted by molar-refractivity contribution is 0.790. The maximum Gasteiger partial charge on any atom is 0.210 e. The second kappa shape index (κ2) is 5.48. The molecule has 2 aromatic rings. The lowest BCUT2D eigenvalue weighted by atomic mass is 10.2. The molecule has 0 spiro atoms. The minimum Gasteiger partial charge on any atom is -0.336 e. The second-order valence-corrected chi connectivity index (χ2v) is 5.60. The average Bonchev–Trinajstić information content (AvgIpc) is 3.21. The highest BCUT2D eigenvalue weighted by Crippen LogP contribution is 2.39. The molecule has 1 aliphatic carbocycles. The first kappa shape index (κ1) is 12.3. The van der Waals surface area contributed by atoms with Crippen LogP contribution in [0.25, 0.3) is 6.08 Å². The van der Waals surface area contributed by atoms with Crippen LogP contribution in [0.5, 0.6) is 0 Å². The minimum atomic E-state index is 0.534. The van der Waals surface area contributed by atoms with Crippen molar-refractivity contribution in [1.29, 1.82) is 0 Å². The van der Waals surface area contributed by atoms with Crippen molar-refractivity contribution >= 4 is 17.8 Å². The van der Waals surface area contributed by atoms with Gasteiger partial charge in [-0.15, -0.1) is 10.2 Å². The van der Waals surface area contributed by atoms with Gasteiger partial charge in [0.05, 0.1) is 0 Å². The van der Waals surface area contributed by atoms with E-state index in [1.807, 2.05) is 18.2 Å². The van der Waals surface area contributed by atoms with E-state index < -0.39 is 0 Å². The molecular weight excluding hydrogens is 256 g/mol. The van der Waals surface area contributed by atoms with Crippen LogP contribution in [0.4, 0.5) is 0 Å². The van der Waals surface area contributed by atoms with E-state index in [2.05, 4.69) is 34.5 Å². The van der Waals surface area contributed by atoms with Gasteiger partial charge < -0.3 is 5.84 Å². The van der Waals surface area contributed by atoms with Crippen LogP contribution in [0.2, 0.25) is 0 Å². The number of hydrogen-bond donors (Lipinski definition) is 1. The van der Waals surface area contributed by atoms with Gasteiger partial charge >= 0.3 is 0 Å². The number of nitrogen functional groups attached to an aromatic ring is 1. The van der Waals surface area contributed by atoms with Crippen LogP contribution >= 0.6 is 11.8 Å². The van der Waals surface area contributed by atoms with E-state index in [-0.39, 0.29) is 0 Å². The molecule has 1 aliphatic rings. The fraction of sp³-hybridized carbons (Fsp3) is 0.286. The lowest BCUT2D eigenvalue weighted by Crippen LogP contribution is -2.13. The minimum absolute atomic E-state index is 0.534. The predicted octanol–water partition coefficient (Wildman–Crippen LogP) is 2.67. The lowest BCUT2D eigenvalue weighted by Gasteiger charge is -2.00. The van der Waals surface area contributed by atoms with Crippen molar-refractivity contribution in [2.24, 2.45) is 0 Å². The van der Waals surface area contributed by atoms with Crippen LogP contribution in [-0.4, -0.2) is 20.6 Å². The molecule has 1 aromatic carbocycles. The van der Waals surface area contributed by atoms with E-state index in [9.17, 15) is 0 Å². The first-order chi connectivity index (χ1) is 9.34. The summed E-state index contributed by atoms with van der Waals surface area (Å²) in [6.45, 7) is 0. The summed E-state index contributed by atoms with van der Waals surface area (Å²) in [5.41, 5.74) is 1.20. The highest BCUT2D eigenvalue weighted by atomic mass is 32.2. The zero-order valence-electron chi connectivity index (χ0n) is 10.6. The second-order valence-electron chi connectivity index (χ2n) is 4.61. The summed E-state index contributed by atoms with van der Waals surface area (Å²) in [6, 6.07) is 10.2. The molecule has 2 N–H and O–H groups in total. The van der Waals surface area contributed by atoms with Crippen molar-refractivity contribution in [3.05, 3.63) is 47.8 Å². The third-order valence-corrected chi connectivity index (χ3v) is 3.95. The molecule has 1 fully saturated rings. The van der Waals surface area contributed by atoms with Crippen molar-refractivity contribution in [3.63, 3.8) is 0 Å². The van der Waals surface area contributed by atoms with Crippen LogP contribution in [0, 0.1) is 0 Å². The molecule has 5 heteroatoms. The van der Waals surface area contributed by atoms with Crippen LogP contribution in [0.1, 0.15) is 30.1 Å². The van der Waals surface area contributed by atoms with Crippen LogP contribution < -0.4 is 5.84 Å². The molecule has 0 unspecified atom stereocenters. The summed E-state index contributed by atoms with van der Waals surface area (Å²) >= 11 is 1.61. The van der Waals surface area contributed by atoms with Gasteiger partial charge in [0.1, 0.15) is 0 Å². The van der Waals surface area contributed by atoms with Crippen molar-refractivity contribution in [2.75, 3.05) is 11.6 Å². The van der Waals surface area contributed by atoms with E-state index in [4.69, 9.17) is 5.84 Å². The smallest absolute Gasteiger partial charge is 0.210 e.